The van der Waals surface area contributed by atoms with Crippen LogP contribution in [-0.4, -0.2) is 26.6 Å². The second-order valence-electron chi connectivity index (χ2n) is 6.03. The van der Waals surface area contributed by atoms with Gasteiger partial charge in [-0.15, -0.1) is 0 Å². The summed E-state index contributed by atoms with van der Waals surface area (Å²) in [6, 6.07) is 6.25. The van der Waals surface area contributed by atoms with Crippen LogP contribution in [0.3, 0.4) is 0 Å². The largest absolute Gasteiger partial charge is 0.322 e. The average molecular weight is 417 g/mol. The second kappa shape index (κ2) is 8.22. The number of nitrogens with one attached hydrogen (secondary N) is 1. The van der Waals surface area contributed by atoms with E-state index in [-0.39, 0.29) is 17.8 Å². The molecule has 0 heterocycles. The van der Waals surface area contributed by atoms with Crippen LogP contribution >= 0.6 is 11.6 Å². The summed E-state index contributed by atoms with van der Waals surface area (Å²) in [6.45, 7) is 3.32. The summed E-state index contributed by atoms with van der Waals surface area (Å²) < 4.78 is 52.7. The summed E-state index contributed by atoms with van der Waals surface area (Å²) in [5, 5.41) is 2.63. The van der Waals surface area contributed by atoms with E-state index in [0.29, 0.717) is 16.7 Å². The van der Waals surface area contributed by atoms with Crippen molar-refractivity contribution in [2.75, 3.05) is 15.9 Å². The van der Waals surface area contributed by atoms with Gasteiger partial charge in [0, 0.05) is 11.1 Å². The molecule has 0 aliphatic rings. The third kappa shape index (κ3) is 4.95. The summed E-state index contributed by atoms with van der Waals surface area (Å²) in [4.78, 5) is 12.7. The fourth-order valence-electron chi connectivity index (χ4n) is 2.66. The SMILES string of the molecule is CCC(C(=O)Nc1ccc(F)cc1F)N(c1cc(Cl)ccc1C)S(C)(=O)=O. The molecule has 0 radical (unpaired) electrons. The van der Waals surface area contributed by atoms with Crippen molar-refractivity contribution in [2.24, 2.45) is 0 Å². The number of hydrogen-bond acceptors (Lipinski definition) is 3. The van der Waals surface area contributed by atoms with Crippen molar-refractivity contribution >= 4 is 38.9 Å². The Labute approximate surface area is 162 Å². The van der Waals surface area contributed by atoms with Gasteiger partial charge in [-0.25, -0.2) is 17.2 Å². The van der Waals surface area contributed by atoms with E-state index in [1.54, 1.807) is 26.0 Å². The number of anilines is 2. The van der Waals surface area contributed by atoms with Gasteiger partial charge in [0.05, 0.1) is 17.6 Å². The van der Waals surface area contributed by atoms with Crippen molar-refractivity contribution in [2.45, 2.75) is 26.3 Å². The Morgan fingerprint density at radius 3 is 2.44 bits per heavy atom. The first-order valence-electron chi connectivity index (χ1n) is 8.06. The standard InChI is InChI=1S/C18H19ClF2N2O3S/c1-4-16(18(24)22-15-8-7-13(20)10-14(15)21)23(27(3,25)26)17-9-12(19)6-5-11(17)2/h5-10,16H,4H2,1-3H3,(H,22,24). The Balaban J connectivity index is 2.46. The maximum Gasteiger partial charge on any atom is 0.248 e. The van der Waals surface area contributed by atoms with E-state index in [4.69, 9.17) is 11.6 Å². The second-order valence-corrected chi connectivity index (χ2v) is 8.32. The predicted octanol–water partition coefficient (Wildman–Crippen LogP) is 4.11. The number of carbonyl (C=O) groups excluding carboxylic acids is 1. The van der Waals surface area contributed by atoms with Crippen LogP contribution in [0.5, 0.6) is 0 Å². The van der Waals surface area contributed by atoms with Crippen molar-refractivity contribution in [1.82, 2.24) is 0 Å². The Hall–Kier alpha value is -2.19. The number of amides is 1. The fourth-order valence-corrected chi connectivity index (χ4v) is 4.09. The number of hydrogen-bond donors (Lipinski definition) is 1. The molecule has 146 valence electrons. The van der Waals surface area contributed by atoms with E-state index in [0.717, 1.165) is 22.7 Å². The monoisotopic (exact) mass is 416 g/mol. The zero-order valence-electron chi connectivity index (χ0n) is 15.0. The van der Waals surface area contributed by atoms with Crippen LogP contribution in [0.15, 0.2) is 36.4 Å². The topological polar surface area (TPSA) is 66.5 Å². The molecule has 0 aliphatic carbocycles. The van der Waals surface area contributed by atoms with Gasteiger partial charge < -0.3 is 5.32 Å². The van der Waals surface area contributed by atoms with Crippen LogP contribution in [0.25, 0.3) is 0 Å². The Bertz CT molecular complexity index is 967. The van der Waals surface area contributed by atoms with E-state index in [9.17, 15) is 22.0 Å². The minimum absolute atomic E-state index is 0.119. The average Bonchev–Trinajstić information content (AvgIpc) is 2.56. The van der Waals surface area contributed by atoms with Crippen molar-refractivity contribution in [1.29, 1.82) is 0 Å². The number of benzene rings is 2. The molecule has 27 heavy (non-hydrogen) atoms. The number of sulfonamides is 1. The molecular formula is C18H19ClF2N2O3S. The highest BCUT2D eigenvalue weighted by Gasteiger charge is 2.33. The summed E-state index contributed by atoms with van der Waals surface area (Å²) in [7, 11) is -3.86. The smallest absolute Gasteiger partial charge is 0.248 e. The zero-order valence-corrected chi connectivity index (χ0v) is 16.5. The molecule has 1 amide bonds. The highest BCUT2D eigenvalue weighted by atomic mass is 35.5. The lowest BCUT2D eigenvalue weighted by molar-refractivity contribution is -0.117. The van der Waals surface area contributed by atoms with Crippen LogP contribution in [0.1, 0.15) is 18.9 Å². The molecule has 1 unspecified atom stereocenters. The van der Waals surface area contributed by atoms with Gasteiger partial charge in [0.15, 0.2) is 0 Å². The number of aryl methyl sites for hydroxylation is 1. The highest BCUT2D eigenvalue weighted by Crippen LogP contribution is 2.29. The quantitative estimate of drug-likeness (QED) is 0.770. The molecule has 0 aromatic heterocycles. The van der Waals surface area contributed by atoms with Gasteiger partial charge in [-0.05, 0) is 43.2 Å². The first-order chi connectivity index (χ1) is 12.5. The van der Waals surface area contributed by atoms with E-state index < -0.39 is 33.6 Å². The van der Waals surface area contributed by atoms with Crippen molar-refractivity contribution in [3.63, 3.8) is 0 Å². The molecule has 0 saturated carbocycles. The molecule has 0 fully saturated rings. The van der Waals surface area contributed by atoms with Crippen molar-refractivity contribution < 1.29 is 22.0 Å². The number of rotatable bonds is 6. The van der Waals surface area contributed by atoms with Crippen LogP contribution in [0.4, 0.5) is 20.2 Å². The minimum atomic E-state index is -3.86. The molecular weight excluding hydrogens is 398 g/mol. The van der Waals surface area contributed by atoms with Gasteiger partial charge in [0.2, 0.25) is 15.9 Å². The summed E-state index contributed by atoms with van der Waals surface area (Å²) >= 11 is 6.00. The summed E-state index contributed by atoms with van der Waals surface area (Å²) in [6.07, 6.45) is 1.09. The minimum Gasteiger partial charge on any atom is -0.322 e. The van der Waals surface area contributed by atoms with Gasteiger partial charge >= 0.3 is 0 Å². The molecule has 5 nitrogen and oxygen atoms in total. The van der Waals surface area contributed by atoms with Gasteiger partial charge in [-0.2, -0.15) is 0 Å². The molecule has 0 aliphatic heterocycles. The fraction of sp³-hybridized carbons (Fsp3) is 0.278. The van der Waals surface area contributed by atoms with Crippen LogP contribution in [0.2, 0.25) is 5.02 Å². The maximum atomic E-state index is 13.8. The summed E-state index contributed by atoms with van der Waals surface area (Å²) in [5.74, 6) is -2.49. The molecule has 2 aromatic rings. The van der Waals surface area contributed by atoms with Gasteiger partial charge in [0.25, 0.3) is 0 Å². The van der Waals surface area contributed by atoms with Gasteiger partial charge in [-0.3, -0.25) is 9.10 Å². The van der Waals surface area contributed by atoms with E-state index in [1.807, 2.05) is 0 Å². The van der Waals surface area contributed by atoms with E-state index in [2.05, 4.69) is 5.32 Å². The highest BCUT2D eigenvalue weighted by molar-refractivity contribution is 7.92. The van der Waals surface area contributed by atoms with Crippen molar-refractivity contribution in [3.8, 4) is 0 Å². The van der Waals surface area contributed by atoms with Crippen LogP contribution in [0, 0.1) is 18.6 Å². The third-order valence-electron chi connectivity index (χ3n) is 3.93. The Morgan fingerprint density at radius 1 is 1.22 bits per heavy atom. The maximum absolute atomic E-state index is 13.8. The predicted molar refractivity (Wildman–Crippen MR) is 103 cm³/mol. The summed E-state index contributed by atoms with van der Waals surface area (Å²) in [5.41, 5.74) is 0.617. The van der Waals surface area contributed by atoms with Gasteiger partial charge in [0.1, 0.15) is 17.7 Å². The Kier molecular flexibility index (Phi) is 6.43. The lowest BCUT2D eigenvalue weighted by Crippen LogP contribution is -2.47. The Morgan fingerprint density at radius 2 is 1.89 bits per heavy atom. The lowest BCUT2D eigenvalue weighted by Gasteiger charge is -2.31. The number of nitrogens with zero attached hydrogens (tertiary/aromatic N) is 1. The molecule has 2 aromatic carbocycles. The number of carbonyl (C=O) groups is 1. The first-order valence-corrected chi connectivity index (χ1v) is 10.3. The van der Waals surface area contributed by atoms with E-state index >= 15 is 0 Å². The normalized spacial score (nSPS) is 12.5. The molecule has 2 rings (SSSR count). The van der Waals surface area contributed by atoms with Crippen LogP contribution in [-0.2, 0) is 14.8 Å². The zero-order chi connectivity index (χ0) is 20.4. The first kappa shape index (κ1) is 21.1. The van der Waals surface area contributed by atoms with E-state index in [1.165, 1.54) is 6.07 Å². The van der Waals surface area contributed by atoms with Crippen molar-refractivity contribution in [3.05, 3.63) is 58.6 Å². The molecule has 0 bridgehead atoms. The molecule has 1 N–H and O–H groups in total. The molecule has 0 saturated heterocycles. The van der Waals surface area contributed by atoms with Crippen LogP contribution < -0.4 is 9.62 Å². The lowest BCUT2D eigenvalue weighted by atomic mass is 10.1. The molecule has 0 spiro atoms. The third-order valence-corrected chi connectivity index (χ3v) is 5.33. The van der Waals surface area contributed by atoms with Gasteiger partial charge in [-0.1, -0.05) is 24.6 Å². The molecule has 9 heteroatoms. The number of halogens is 3. The molecule has 1 atom stereocenters.